The van der Waals surface area contributed by atoms with Gasteiger partial charge >= 0.3 is 0 Å². The summed E-state index contributed by atoms with van der Waals surface area (Å²) >= 11 is 5.83. The van der Waals surface area contributed by atoms with E-state index in [1.165, 1.54) is 12.3 Å². The molecule has 0 aliphatic rings. The number of halogens is 1. The Morgan fingerprint density at radius 2 is 2.22 bits per heavy atom. The zero-order chi connectivity index (χ0) is 13.0. The molecule has 0 atom stereocenters. The number of anilines is 1. The second kappa shape index (κ2) is 5.30. The Morgan fingerprint density at radius 3 is 2.89 bits per heavy atom. The van der Waals surface area contributed by atoms with E-state index < -0.39 is 0 Å². The second-order valence-electron chi connectivity index (χ2n) is 3.50. The Labute approximate surface area is 109 Å². The monoisotopic (exact) mass is 257 g/mol. The van der Waals surface area contributed by atoms with Crippen molar-refractivity contribution >= 4 is 23.2 Å². The molecule has 1 N–H and O–H groups in total. The van der Waals surface area contributed by atoms with Crippen LogP contribution >= 0.6 is 11.6 Å². The van der Waals surface area contributed by atoms with Crippen molar-refractivity contribution in [2.24, 2.45) is 0 Å². The van der Waals surface area contributed by atoms with Crippen molar-refractivity contribution in [3.05, 3.63) is 58.9 Å². The lowest BCUT2D eigenvalue weighted by molar-refractivity contribution is 0.102. The lowest BCUT2D eigenvalue weighted by atomic mass is 10.2. The van der Waals surface area contributed by atoms with Crippen LogP contribution in [-0.4, -0.2) is 10.9 Å². The van der Waals surface area contributed by atoms with E-state index in [-0.39, 0.29) is 5.91 Å². The topological polar surface area (TPSA) is 65.8 Å². The smallest absolute Gasteiger partial charge is 0.257 e. The van der Waals surface area contributed by atoms with E-state index in [1.807, 2.05) is 6.07 Å². The molecule has 0 fully saturated rings. The number of aromatic nitrogens is 1. The summed E-state index contributed by atoms with van der Waals surface area (Å²) in [6.45, 7) is 0. The van der Waals surface area contributed by atoms with Crippen molar-refractivity contribution in [3.63, 3.8) is 0 Å². The summed E-state index contributed by atoms with van der Waals surface area (Å²) in [5.41, 5.74) is 1.16. The third-order valence-electron chi connectivity index (χ3n) is 2.27. The molecule has 5 heteroatoms. The summed E-state index contributed by atoms with van der Waals surface area (Å²) in [4.78, 5) is 15.7. The average Bonchev–Trinajstić information content (AvgIpc) is 2.40. The molecule has 1 heterocycles. The number of pyridine rings is 1. The Morgan fingerprint density at radius 1 is 1.39 bits per heavy atom. The number of hydrogen-bond donors (Lipinski definition) is 1. The van der Waals surface area contributed by atoms with Crippen LogP contribution in [0.2, 0.25) is 5.02 Å². The summed E-state index contributed by atoms with van der Waals surface area (Å²) < 4.78 is 0. The van der Waals surface area contributed by atoms with Gasteiger partial charge in [0.25, 0.3) is 5.91 Å². The van der Waals surface area contributed by atoms with Crippen molar-refractivity contribution < 1.29 is 4.79 Å². The van der Waals surface area contributed by atoms with Crippen LogP contribution in [0, 0.1) is 11.3 Å². The SMILES string of the molecule is N#Cc1ccc(Cl)cc1NC(=O)c1cccnc1. The number of nitriles is 1. The van der Waals surface area contributed by atoms with Crippen molar-refractivity contribution in [1.29, 1.82) is 5.26 Å². The maximum atomic E-state index is 11.9. The van der Waals surface area contributed by atoms with E-state index >= 15 is 0 Å². The first-order chi connectivity index (χ1) is 8.70. The van der Waals surface area contributed by atoms with Gasteiger partial charge in [-0.05, 0) is 30.3 Å². The maximum absolute atomic E-state index is 11.9. The van der Waals surface area contributed by atoms with Crippen molar-refractivity contribution in [3.8, 4) is 6.07 Å². The number of rotatable bonds is 2. The molecule has 0 saturated heterocycles. The molecule has 18 heavy (non-hydrogen) atoms. The third-order valence-corrected chi connectivity index (χ3v) is 2.51. The highest BCUT2D eigenvalue weighted by Crippen LogP contribution is 2.20. The maximum Gasteiger partial charge on any atom is 0.257 e. The van der Waals surface area contributed by atoms with Crippen LogP contribution < -0.4 is 5.32 Å². The molecule has 2 aromatic rings. The second-order valence-corrected chi connectivity index (χ2v) is 3.93. The highest BCUT2D eigenvalue weighted by atomic mass is 35.5. The third kappa shape index (κ3) is 2.65. The number of hydrogen-bond acceptors (Lipinski definition) is 3. The van der Waals surface area contributed by atoms with Gasteiger partial charge in [-0.25, -0.2) is 0 Å². The van der Waals surface area contributed by atoms with Gasteiger partial charge in [0.05, 0.1) is 16.8 Å². The predicted octanol–water partition coefficient (Wildman–Crippen LogP) is 2.86. The highest BCUT2D eigenvalue weighted by molar-refractivity contribution is 6.31. The Bertz CT molecular complexity index is 620. The lowest BCUT2D eigenvalue weighted by Gasteiger charge is -2.07. The standard InChI is InChI=1S/C13H8ClN3O/c14-11-4-3-9(7-15)12(6-11)17-13(18)10-2-1-5-16-8-10/h1-6,8H,(H,17,18). The van der Waals surface area contributed by atoms with E-state index in [0.717, 1.165) is 0 Å². The Kier molecular flexibility index (Phi) is 3.56. The van der Waals surface area contributed by atoms with Gasteiger partial charge in [-0.3, -0.25) is 9.78 Å². The Balaban J connectivity index is 2.28. The van der Waals surface area contributed by atoms with Gasteiger partial charge in [-0.2, -0.15) is 5.26 Å². The first-order valence-electron chi connectivity index (χ1n) is 5.12. The van der Waals surface area contributed by atoms with E-state index in [9.17, 15) is 4.79 Å². The predicted molar refractivity (Wildman–Crippen MR) is 68.4 cm³/mol. The molecular weight excluding hydrogens is 250 g/mol. The van der Waals surface area contributed by atoms with Crippen LogP contribution in [0.3, 0.4) is 0 Å². The molecule has 0 saturated carbocycles. The molecule has 0 bridgehead atoms. The number of benzene rings is 1. The molecule has 0 spiro atoms. The van der Waals surface area contributed by atoms with Crippen molar-refractivity contribution in [2.75, 3.05) is 5.32 Å². The first kappa shape index (κ1) is 12.1. The highest BCUT2D eigenvalue weighted by Gasteiger charge is 2.09. The molecule has 1 aromatic carbocycles. The minimum atomic E-state index is -0.332. The molecule has 1 amide bonds. The van der Waals surface area contributed by atoms with Crippen LogP contribution in [0.1, 0.15) is 15.9 Å². The normalized spacial score (nSPS) is 9.56. The van der Waals surface area contributed by atoms with Gasteiger partial charge in [0.15, 0.2) is 0 Å². The number of amides is 1. The van der Waals surface area contributed by atoms with Crippen LogP contribution in [0.15, 0.2) is 42.7 Å². The minimum absolute atomic E-state index is 0.332. The molecule has 88 valence electrons. The van der Waals surface area contributed by atoms with Crippen LogP contribution in [0.25, 0.3) is 0 Å². The van der Waals surface area contributed by atoms with Crippen molar-refractivity contribution in [2.45, 2.75) is 0 Å². The fourth-order valence-electron chi connectivity index (χ4n) is 1.41. The molecule has 0 unspecified atom stereocenters. The fourth-order valence-corrected chi connectivity index (χ4v) is 1.58. The number of carbonyl (C=O) groups excluding carboxylic acids is 1. The minimum Gasteiger partial charge on any atom is -0.321 e. The van der Waals surface area contributed by atoms with Crippen LogP contribution in [0.5, 0.6) is 0 Å². The molecule has 1 aromatic heterocycles. The van der Waals surface area contributed by atoms with E-state index in [1.54, 1.807) is 30.5 Å². The van der Waals surface area contributed by atoms with E-state index in [0.29, 0.717) is 21.8 Å². The first-order valence-corrected chi connectivity index (χ1v) is 5.49. The number of carbonyl (C=O) groups is 1. The number of nitrogens with zero attached hydrogens (tertiary/aromatic N) is 2. The summed E-state index contributed by atoms with van der Waals surface area (Å²) in [7, 11) is 0. The molecule has 0 radical (unpaired) electrons. The summed E-state index contributed by atoms with van der Waals surface area (Å²) in [5, 5.41) is 12.0. The van der Waals surface area contributed by atoms with Gasteiger partial charge in [0.2, 0.25) is 0 Å². The molecular formula is C13H8ClN3O. The quantitative estimate of drug-likeness (QED) is 0.900. The molecule has 2 rings (SSSR count). The number of nitrogens with one attached hydrogen (secondary N) is 1. The van der Waals surface area contributed by atoms with Gasteiger partial charge in [-0.15, -0.1) is 0 Å². The fraction of sp³-hybridized carbons (Fsp3) is 0. The van der Waals surface area contributed by atoms with Crippen LogP contribution in [-0.2, 0) is 0 Å². The van der Waals surface area contributed by atoms with Crippen molar-refractivity contribution in [1.82, 2.24) is 4.98 Å². The Hall–Kier alpha value is -2.38. The largest absolute Gasteiger partial charge is 0.321 e. The van der Waals surface area contributed by atoms with E-state index in [4.69, 9.17) is 16.9 Å². The molecule has 4 nitrogen and oxygen atoms in total. The zero-order valence-electron chi connectivity index (χ0n) is 9.22. The summed E-state index contributed by atoms with van der Waals surface area (Å²) in [5.74, 6) is -0.332. The average molecular weight is 258 g/mol. The zero-order valence-corrected chi connectivity index (χ0v) is 9.98. The lowest BCUT2D eigenvalue weighted by Crippen LogP contribution is -2.13. The molecule has 0 aliphatic carbocycles. The van der Waals surface area contributed by atoms with Gasteiger partial charge < -0.3 is 5.32 Å². The summed E-state index contributed by atoms with van der Waals surface area (Å²) in [6.07, 6.45) is 3.03. The summed E-state index contributed by atoms with van der Waals surface area (Å²) in [6, 6.07) is 9.98. The van der Waals surface area contributed by atoms with E-state index in [2.05, 4.69) is 10.3 Å². The molecule has 0 aliphatic heterocycles. The van der Waals surface area contributed by atoms with Crippen LogP contribution in [0.4, 0.5) is 5.69 Å². The van der Waals surface area contributed by atoms with Gasteiger partial charge in [0, 0.05) is 17.4 Å². The van der Waals surface area contributed by atoms with Gasteiger partial charge in [-0.1, -0.05) is 11.6 Å². The van der Waals surface area contributed by atoms with Gasteiger partial charge in [0.1, 0.15) is 6.07 Å².